The highest BCUT2D eigenvalue weighted by Crippen LogP contribution is 2.34. The number of oxime groups is 1. The van der Waals surface area contributed by atoms with Crippen LogP contribution in [-0.4, -0.2) is 41.8 Å². The third-order valence-electron chi connectivity index (χ3n) is 4.38. The third-order valence-corrected chi connectivity index (χ3v) is 4.38. The van der Waals surface area contributed by atoms with Crippen molar-refractivity contribution in [3.05, 3.63) is 0 Å². The molecule has 0 spiro atoms. The molecule has 0 amide bonds. The van der Waals surface area contributed by atoms with Crippen molar-refractivity contribution in [3.63, 3.8) is 0 Å². The van der Waals surface area contributed by atoms with Crippen LogP contribution >= 0.6 is 0 Å². The van der Waals surface area contributed by atoms with Crippen LogP contribution in [0, 0.1) is 11.3 Å². The van der Waals surface area contributed by atoms with Crippen molar-refractivity contribution in [1.82, 2.24) is 4.90 Å². The number of nitrogens with two attached hydrogens (primary N) is 1. The highest BCUT2D eigenvalue weighted by molar-refractivity contribution is 5.85. The van der Waals surface area contributed by atoms with Crippen LogP contribution in [0.15, 0.2) is 5.16 Å². The minimum absolute atomic E-state index is 0.207. The molecule has 0 unspecified atom stereocenters. The summed E-state index contributed by atoms with van der Waals surface area (Å²) in [6.07, 6.45) is -1.02. The van der Waals surface area contributed by atoms with Crippen LogP contribution in [0.2, 0.25) is 0 Å². The van der Waals surface area contributed by atoms with Crippen LogP contribution in [-0.2, 0) is 0 Å². The number of alkyl halides is 3. The van der Waals surface area contributed by atoms with Gasteiger partial charge in [-0.15, -0.1) is 0 Å². The second kappa shape index (κ2) is 7.33. The minimum atomic E-state index is -4.04. The van der Waals surface area contributed by atoms with Crippen molar-refractivity contribution < 1.29 is 18.4 Å². The number of halogens is 3. The average Bonchev–Trinajstić information content (AvgIpc) is 2.42. The van der Waals surface area contributed by atoms with Crippen LogP contribution in [0.25, 0.3) is 0 Å². The van der Waals surface area contributed by atoms with E-state index in [1.807, 2.05) is 13.8 Å². The maximum absolute atomic E-state index is 12.6. The van der Waals surface area contributed by atoms with E-state index in [4.69, 9.17) is 10.9 Å². The molecule has 3 N–H and O–H groups in total. The third kappa shape index (κ3) is 5.73. The Bertz CT molecular complexity index is 348. The van der Waals surface area contributed by atoms with Crippen LogP contribution in [0.3, 0.4) is 0 Å². The van der Waals surface area contributed by atoms with Crippen molar-refractivity contribution in [2.24, 2.45) is 22.2 Å². The van der Waals surface area contributed by atoms with E-state index in [0.29, 0.717) is 13.1 Å². The van der Waals surface area contributed by atoms with Gasteiger partial charge in [0, 0.05) is 5.41 Å². The van der Waals surface area contributed by atoms with Gasteiger partial charge in [-0.2, -0.15) is 13.2 Å². The molecule has 1 aliphatic rings. The zero-order valence-electron chi connectivity index (χ0n) is 12.8. The van der Waals surface area contributed by atoms with Gasteiger partial charge in [0.1, 0.15) is 5.84 Å². The first-order valence-electron chi connectivity index (χ1n) is 7.44. The van der Waals surface area contributed by atoms with Gasteiger partial charge >= 0.3 is 6.18 Å². The molecule has 0 radical (unpaired) electrons. The molecule has 1 heterocycles. The van der Waals surface area contributed by atoms with Gasteiger partial charge < -0.3 is 15.8 Å². The van der Waals surface area contributed by atoms with Crippen molar-refractivity contribution in [2.75, 3.05) is 19.6 Å². The fourth-order valence-electron chi connectivity index (χ4n) is 2.65. The Kier molecular flexibility index (Phi) is 6.31. The Labute approximate surface area is 124 Å². The number of unbranched alkanes of at least 4 members (excludes halogenated alkanes) is 1. The molecule has 0 bridgehead atoms. The van der Waals surface area contributed by atoms with E-state index in [-0.39, 0.29) is 24.1 Å². The molecule has 124 valence electrons. The van der Waals surface area contributed by atoms with Gasteiger partial charge in [0.05, 0.1) is 5.92 Å². The standard InChI is InChI=1S/C14H26F3N3O/c1-13(2,12(18)19-21)7-3-4-8-20-9-5-11(6-10-20)14(15,16)17/h11,21H,3-10H2,1-2H3,(H2,18,19). The van der Waals surface area contributed by atoms with Gasteiger partial charge in [-0.05, 0) is 45.3 Å². The summed E-state index contributed by atoms with van der Waals surface area (Å²) in [6.45, 7) is 5.69. The Morgan fingerprint density at radius 2 is 1.81 bits per heavy atom. The Balaban J connectivity index is 2.21. The monoisotopic (exact) mass is 309 g/mol. The maximum Gasteiger partial charge on any atom is 0.391 e. The minimum Gasteiger partial charge on any atom is -0.409 e. The zero-order chi connectivity index (χ0) is 16.1. The second-order valence-electron chi connectivity index (χ2n) is 6.48. The van der Waals surface area contributed by atoms with E-state index in [1.54, 1.807) is 0 Å². The topological polar surface area (TPSA) is 61.8 Å². The number of amidine groups is 1. The summed E-state index contributed by atoms with van der Waals surface area (Å²) in [7, 11) is 0. The van der Waals surface area contributed by atoms with Crippen molar-refractivity contribution in [2.45, 2.75) is 52.1 Å². The molecule has 1 fully saturated rings. The van der Waals surface area contributed by atoms with Gasteiger partial charge in [0.15, 0.2) is 0 Å². The van der Waals surface area contributed by atoms with E-state index in [2.05, 4.69) is 10.1 Å². The highest BCUT2D eigenvalue weighted by atomic mass is 19.4. The highest BCUT2D eigenvalue weighted by Gasteiger charge is 2.40. The van der Waals surface area contributed by atoms with Crippen LogP contribution in [0.1, 0.15) is 46.0 Å². The molecular formula is C14H26F3N3O. The molecule has 7 heteroatoms. The van der Waals surface area contributed by atoms with Crippen molar-refractivity contribution in [1.29, 1.82) is 0 Å². The molecule has 0 atom stereocenters. The SMILES string of the molecule is CC(C)(CCCCN1CCC(C(F)(F)F)CC1)C(N)=NO. The number of piperidine rings is 1. The Morgan fingerprint density at radius 3 is 2.29 bits per heavy atom. The maximum atomic E-state index is 12.6. The quantitative estimate of drug-likeness (QED) is 0.260. The van der Waals surface area contributed by atoms with Crippen molar-refractivity contribution in [3.8, 4) is 0 Å². The first-order valence-corrected chi connectivity index (χ1v) is 7.44. The predicted molar refractivity (Wildman–Crippen MR) is 76.3 cm³/mol. The van der Waals surface area contributed by atoms with Gasteiger partial charge in [-0.1, -0.05) is 25.4 Å². The van der Waals surface area contributed by atoms with E-state index in [0.717, 1.165) is 25.8 Å². The molecule has 0 aromatic carbocycles. The number of rotatable bonds is 6. The summed E-state index contributed by atoms with van der Waals surface area (Å²) < 4.78 is 37.7. The lowest BCUT2D eigenvalue weighted by Gasteiger charge is -2.33. The summed E-state index contributed by atoms with van der Waals surface area (Å²) in [5.41, 5.74) is 5.27. The summed E-state index contributed by atoms with van der Waals surface area (Å²) in [6, 6.07) is 0. The molecular weight excluding hydrogens is 283 g/mol. The largest absolute Gasteiger partial charge is 0.409 e. The molecule has 1 aliphatic heterocycles. The van der Waals surface area contributed by atoms with E-state index in [9.17, 15) is 13.2 Å². The summed E-state index contributed by atoms with van der Waals surface area (Å²) in [5.74, 6) is -0.915. The van der Waals surface area contributed by atoms with E-state index < -0.39 is 12.1 Å². The summed E-state index contributed by atoms with van der Waals surface area (Å²) in [5, 5.41) is 11.7. The Morgan fingerprint density at radius 1 is 1.24 bits per heavy atom. The predicted octanol–water partition coefficient (Wildman–Crippen LogP) is 3.20. The van der Waals surface area contributed by atoms with Gasteiger partial charge in [0.2, 0.25) is 0 Å². The van der Waals surface area contributed by atoms with Gasteiger partial charge in [-0.25, -0.2) is 0 Å². The molecule has 1 saturated heterocycles. The van der Waals surface area contributed by atoms with Gasteiger partial charge in [-0.3, -0.25) is 0 Å². The number of hydrogen-bond acceptors (Lipinski definition) is 3. The normalized spacial score (nSPS) is 20.0. The molecule has 0 aromatic heterocycles. The van der Waals surface area contributed by atoms with Crippen LogP contribution in [0.5, 0.6) is 0 Å². The second-order valence-corrected chi connectivity index (χ2v) is 6.48. The molecule has 0 aliphatic carbocycles. The molecule has 4 nitrogen and oxygen atoms in total. The smallest absolute Gasteiger partial charge is 0.391 e. The molecule has 1 rings (SSSR count). The van der Waals surface area contributed by atoms with Crippen molar-refractivity contribution >= 4 is 5.84 Å². The first kappa shape index (κ1) is 18.1. The van der Waals surface area contributed by atoms with Gasteiger partial charge in [0.25, 0.3) is 0 Å². The van der Waals surface area contributed by atoms with E-state index >= 15 is 0 Å². The zero-order valence-corrected chi connectivity index (χ0v) is 12.8. The summed E-state index contributed by atoms with van der Waals surface area (Å²) in [4.78, 5) is 2.10. The van der Waals surface area contributed by atoms with Crippen LogP contribution < -0.4 is 5.73 Å². The first-order chi connectivity index (χ1) is 9.66. The lowest BCUT2D eigenvalue weighted by atomic mass is 9.86. The number of nitrogens with zero attached hydrogens (tertiary/aromatic N) is 2. The molecule has 0 aromatic rings. The van der Waals surface area contributed by atoms with E-state index in [1.165, 1.54) is 0 Å². The number of hydrogen-bond donors (Lipinski definition) is 2. The lowest BCUT2D eigenvalue weighted by Crippen LogP contribution is -2.39. The Hall–Kier alpha value is -0.980. The fraction of sp³-hybridized carbons (Fsp3) is 0.929. The summed E-state index contributed by atoms with van der Waals surface area (Å²) >= 11 is 0. The molecule has 21 heavy (non-hydrogen) atoms. The average molecular weight is 309 g/mol. The lowest BCUT2D eigenvalue weighted by molar-refractivity contribution is -0.185. The van der Waals surface area contributed by atoms with Crippen LogP contribution in [0.4, 0.5) is 13.2 Å². The fourth-order valence-corrected chi connectivity index (χ4v) is 2.65. The molecule has 0 saturated carbocycles. The number of likely N-dealkylation sites (tertiary alicyclic amines) is 1.